The lowest BCUT2D eigenvalue weighted by Crippen LogP contribution is -2.06. The third kappa shape index (κ3) is 3.71. The minimum Gasteiger partial charge on any atom is -0.457 e. The smallest absolute Gasteiger partial charge is 0.339 e. The molecular weight excluding hydrogens is 317 g/mol. The number of esters is 1. The van der Waals surface area contributed by atoms with E-state index in [1.165, 1.54) is 12.1 Å². The lowest BCUT2D eigenvalue weighted by atomic mass is 10.2. The molecule has 0 amide bonds. The molecular formula is C14H9Cl2NO4. The molecule has 0 bridgehead atoms. The molecule has 7 heteroatoms. The van der Waals surface area contributed by atoms with Crippen molar-refractivity contribution in [3.05, 3.63) is 73.8 Å². The first kappa shape index (κ1) is 15.3. The van der Waals surface area contributed by atoms with Crippen molar-refractivity contribution in [1.82, 2.24) is 0 Å². The second-order valence-electron chi connectivity index (χ2n) is 4.09. The van der Waals surface area contributed by atoms with Crippen molar-refractivity contribution < 1.29 is 14.5 Å². The summed E-state index contributed by atoms with van der Waals surface area (Å²) in [6.45, 7) is -0.00811. The molecule has 0 atom stereocenters. The summed E-state index contributed by atoms with van der Waals surface area (Å²) >= 11 is 11.8. The largest absolute Gasteiger partial charge is 0.457 e. The number of non-ortho nitro benzene ring substituents is 1. The van der Waals surface area contributed by atoms with Crippen LogP contribution < -0.4 is 0 Å². The molecule has 0 aliphatic rings. The van der Waals surface area contributed by atoms with Crippen LogP contribution in [0.2, 0.25) is 10.0 Å². The number of hydrogen-bond acceptors (Lipinski definition) is 4. The summed E-state index contributed by atoms with van der Waals surface area (Å²) in [5, 5.41) is 11.1. The second kappa shape index (κ2) is 6.56. The predicted octanol–water partition coefficient (Wildman–Crippen LogP) is 4.26. The molecule has 0 spiro atoms. The standard InChI is InChI=1S/C14H9Cl2NO4/c15-12-4-2-1-3-9(12)8-21-14(18)11-6-5-10(17(19)20)7-13(11)16/h1-7H,8H2. The van der Waals surface area contributed by atoms with E-state index in [2.05, 4.69) is 0 Å². The van der Waals surface area contributed by atoms with Gasteiger partial charge in [-0.3, -0.25) is 10.1 Å². The fraction of sp³-hybridized carbons (Fsp3) is 0.0714. The first-order valence-electron chi connectivity index (χ1n) is 5.83. The Labute approximate surface area is 130 Å². The molecule has 108 valence electrons. The number of benzene rings is 2. The van der Waals surface area contributed by atoms with Gasteiger partial charge in [0.2, 0.25) is 0 Å². The van der Waals surface area contributed by atoms with Gasteiger partial charge in [0.05, 0.1) is 15.5 Å². The van der Waals surface area contributed by atoms with E-state index in [-0.39, 0.29) is 22.9 Å². The van der Waals surface area contributed by atoms with Gasteiger partial charge in [0, 0.05) is 22.7 Å². The average molecular weight is 326 g/mol. The second-order valence-corrected chi connectivity index (χ2v) is 4.90. The third-order valence-corrected chi connectivity index (χ3v) is 3.38. The van der Waals surface area contributed by atoms with E-state index in [1.807, 2.05) is 0 Å². The van der Waals surface area contributed by atoms with Crippen molar-refractivity contribution in [3.63, 3.8) is 0 Å². The highest BCUT2D eigenvalue weighted by Crippen LogP contribution is 2.24. The normalized spacial score (nSPS) is 10.2. The van der Waals surface area contributed by atoms with Gasteiger partial charge in [-0.15, -0.1) is 0 Å². The molecule has 2 rings (SSSR count). The molecule has 0 saturated heterocycles. The Balaban J connectivity index is 2.11. The molecule has 0 radical (unpaired) electrons. The number of nitro groups is 1. The maximum atomic E-state index is 11.9. The molecule has 0 heterocycles. The summed E-state index contributed by atoms with van der Waals surface area (Å²) in [5.74, 6) is -0.671. The number of halogens is 2. The number of nitro benzene ring substituents is 1. The van der Waals surface area contributed by atoms with Crippen molar-refractivity contribution >= 4 is 34.9 Å². The molecule has 2 aromatic carbocycles. The van der Waals surface area contributed by atoms with Crippen LogP contribution in [0, 0.1) is 10.1 Å². The number of carbonyl (C=O) groups is 1. The molecule has 0 saturated carbocycles. The van der Waals surface area contributed by atoms with Crippen LogP contribution >= 0.6 is 23.2 Å². The van der Waals surface area contributed by atoms with Gasteiger partial charge in [-0.05, 0) is 12.1 Å². The van der Waals surface area contributed by atoms with E-state index in [4.69, 9.17) is 27.9 Å². The van der Waals surface area contributed by atoms with Crippen molar-refractivity contribution in [2.75, 3.05) is 0 Å². The number of ether oxygens (including phenoxy) is 1. The number of rotatable bonds is 4. The van der Waals surface area contributed by atoms with Crippen molar-refractivity contribution in [1.29, 1.82) is 0 Å². The van der Waals surface area contributed by atoms with Gasteiger partial charge in [-0.2, -0.15) is 0 Å². The Morgan fingerprint density at radius 2 is 1.86 bits per heavy atom. The minimum absolute atomic E-state index is 0.00811. The molecule has 5 nitrogen and oxygen atoms in total. The molecule has 0 aliphatic heterocycles. The highest BCUT2D eigenvalue weighted by molar-refractivity contribution is 6.33. The van der Waals surface area contributed by atoms with Gasteiger partial charge < -0.3 is 4.74 Å². The maximum Gasteiger partial charge on any atom is 0.339 e. The van der Waals surface area contributed by atoms with Crippen LogP contribution in [0.3, 0.4) is 0 Å². The first-order chi connectivity index (χ1) is 9.99. The summed E-state index contributed by atoms with van der Waals surface area (Å²) in [6, 6.07) is 10.5. The van der Waals surface area contributed by atoms with Crippen LogP contribution in [0.25, 0.3) is 0 Å². The van der Waals surface area contributed by atoms with E-state index in [0.717, 1.165) is 6.07 Å². The zero-order chi connectivity index (χ0) is 15.4. The fourth-order valence-corrected chi connectivity index (χ4v) is 2.06. The summed E-state index contributed by atoms with van der Waals surface area (Å²) in [4.78, 5) is 21.9. The van der Waals surface area contributed by atoms with E-state index >= 15 is 0 Å². The van der Waals surface area contributed by atoms with Gasteiger partial charge in [0.1, 0.15) is 6.61 Å². The van der Waals surface area contributed by atoms with Crippen LogP contribution in [-0.2, 0) is 11.3 Å². The zero-order valence-electron chi connectivity index (χ0n) is 10.6. The molecule has 0 aliphatic carbocycles. The zero-order valence-corrected chi connectivity index (χ0v) is 12.1. The Morgan fingerprint density at radius 3 is 2.48 bits per heavy atom. The van der Waals surface area contributed by atoms with Crippen molar-refractivity contribution in [3.8, 4) is 0 Å². The van der Waals surface area contributed by atoms with E-state index in [9.17, 15) is 14.9 Å². The first-order valence-corrected chi connectivity index (χ1v) is 6.59. The van der Waals surface area contributed by atoms with E-state index in [1.54, 1.807) is 24.3 Å². The SMILES string of the molecule is O=C(OCc1ccccc1Cl)c1ccc([N+](=O)[O-])cc1Cl. The molecule has 0 aromatic heterocycles. The van der Waals surface area contributed by atoms with Gasteiger partial charge in [-0.25, -0.2) is 4.79 Å². The molecule has 0 fully saturated rings. The summed E-state index contributed by atoms with van der Waals surface area (Å²) in [7, 11) is 0. The molecule has 21 heavy (non-hydrogen) atoms. The van der Waals surface area contributed by atoms with Gasteiger partial charge in [0.25, 0.3) is 5.69 Å². The number of hydrogen-bond donors (Lipinski definition) is 0. The van der Waals surface area contributed by atoms with Crippen molar-refractivity contribution in [2.45, 2.75) is 6.61 Å². The third-order valence-electron chi connectivity index (χ3n) is 2.70. The molecule has 2 aromatic rings. The van der Waals surface area contributed by atoms with Crippen LogP contribution in [0.15, 0.2) is 42.5 Å². The van der Waals surface area contributed by atoms with E-state index in [0.29, 0.717) is 10.6 Å². The van der Waals surface area contributed by atoms with Crippen LogP contribution in [-0.4, -0.2) is 10.9 Å². The highest BCUT2D eigenvalue weighted by atomic mass is 35.5. The fourth-order valence-electron chi connectivity index (χ4n) is 1.62. The Morgan fingerprint density at radius 1 is 1.14 bits per heavy atom. The van der Waals surface area contributed by atoms with E-state index < -0.39 is 10.9 Å². The quantitative estimate of drug-likeness (QED) is 0.478. The van der Waals surface area contributed by atoms with Gasteiger partial charge in [0.15, 0.2) is 0 Å². The monoisotopic (exact) mass is 325 g/mol. The molecule has 0 N–H and O–H groups in total. The predicted molar refractivity (Wildman–Crippen MR) is 78.7 cm³/mol. The van der Waals surface area contributed by atoms with Crippen LogP contribution in [0.5, 0.6) is 0 Å². The maximum absolute atomic E-state index is 11.9. The Bertz CT molecular complexity index is 703. The lowest BCUT2D eigenvalue weighted by Gasteiger charge is -2.07. The van der Waals surface area contributed by atoms with Crippen LogP contribution in [0.1, 0.15) is 15.9 Å². The summed E-state index contributed by atoms with van der Waals surface area (Å²) in [6.07, 6.45) is 0. The van der Waals surface area contributed by atoms with Crippen molar-refractivity contribution in [2.24, 2.45) is 0 Å². The minimum atomic E-state index is -0.671. The Kier molecular flexibility index (Phi) is 4.77. The Hall–Kier alpha value is -2.11. The number of carbonyl (C=O) groups excluding carboxylic acids is 1. The number of nitrogens with zero attached hydrogens (tertiary/aromatic N) is 1. The van der Waals surface area contributed by atoms with Gasteiger partial charge in [-0.1, -0.05) is 41.4 Å². The van der Waals surface area contributed by atoms with Crippen LogP contribution in [0.4, 0.5) is 5.69 Å². The lowest BCUT2D eigenvalue weighted by molar-refractivity contribution is -0.384. The summed E-state index contributed by atoms with van der Waals surface area (Å²) < 4.78 is 5.10. The topological polar surface area (TPSA) is 69.4 Å². The molecule has 0 unspecified atom stereocenters. The summed E-state index contributed by atoms with van der Waals surface area (Å²) in [5.41, 5.74) is 0.530. The highest BCUT2D eigenvalue weighted by Gasteiger charge is 2.16. The average Bonchev–Trinajstić information content (AvgIpc) is 2.46. The van der Waals surface area contributed by atoms with Gasteiger partial charge >= 0.3 is 5.97 Å².